The molecule has 0 saturated heterocycles. The van der Waals surface area contributed by atoms with E-state index in [9.17, 15) is 15.0 Å². The van der Waals surface area contributed by atoms with E-state index in [1.807, 2.05) is 0 Å². The van der Waals surface area contributed by atoms with E-state index >= 15 is 0 Å². The summed E-state index contributed by atoms with van der Waals surface area (Å²) in [7, 11) is 0. The van der Waals surface area contributed by atoms with Gasteiger partial charge in [0.1, 0.15) is 24.8 Å². The Morgan fingerprint density at radius 3 is 2.72 bits per heavy atom. The molecule has 0 amide bonds. The molecular weight excluding hydrogens is 242 g/mol. The van der Waals surface area contributed by atoms with Gasteiger partial charge in [-0.05, 0) is 13.0 Å². The lowest BCUT2D eigenvalue weighted by Gasteiger charge is -2.23. The van der Waals surface area contributed by atoms with Crippen molar-refractivity contribution < 1.29 is 20.1 Å². The molecule has 0 spiro atoms. The highest BCUT2D eigenvalue weighted by molar-refractivity contribution is 5.23. The van der Waals surface area contributed by atoms with E-state index in [4.69, 9.17) is 15.6 Å². The van der Waals surface area contributed by atoms with E-state index in [0.717, 1.165) is 4.57 Å². The maximum atomic E-state index is 11.4. The Hall–Kier alpha value is -1.48. The molecule has 0 radical (unpaired) electrons. The quantitative estimate of drug-likeness (QED) is 0.460. The van der Waals surface area contributed by atoms with Gasteiger partial charge in [0.15, 0.2) is 0 Å². The first-order chi connectivity index (χ1) is 8.45. The molecule has 0 bridgehead atoms. The van der Waals surface area contributed by atoms with Crippen molar-refractivity contribution in [2.24, 2.45) is 0 Å². The largest absolute Gasteiger partial charge is 0.394 e. The first-order valence-corrected chi connectivity index (χ1v) is 5.37. The van der Waals surface area contributed by atoms with Crippen molar-refractivity contribution in [3.8, 4) is 0 Å². The number of hydrogen-bond acceptors (Lipinski definition) is 7. The summed E-state index contributed by atoms with van der Waals surface area (Å²) in [6, 6.07) is 1.42. The molecule has 2 unspecified atom stereocenters. The van der Waals surface area contributed by atoms with Gasteiger partial charge >= 0.3 is 5.69 Å². The summed E-state index contributed by atoms with van der Waals surface area (Å²) >= 11 is 0. The van der Waals surface area contributed by atoms with E-state index in [1.165, 1.54) is 19.2 Å². The third-order valence-electron chi connectivity index (χ3n) is 2.38. The second-order valence-corrected chi connectivity index (χ2v) is 3.85. The van der Waals surface area contributed by atoms with Crippen molar-refractivity contribution >= 4 is 5.82 Å². The van der Waals surface area contributed by atoms with Crippen molar-refractivity contribution in [2.45, 2.75) is 32.0 Å². The molecule has 1 rings (SSSR count). The van der Waals surface area contributed by atoms with Crippen LogP contribution in [0.5, 0.6) is 0 Å². The normalized spacial score (nSPS) is 16.2. The summed E-state index contributed by atoms with van der Waals surface area (Å²) in [6.07, 6.45) is -1.90. The molecule has 8 nitrogen and oxygen atoms in total. The van der Waals surface area contributed by atoms with Crippen LogP contribution in [0.15, 0.2) is 17.1 Å². The average molecular weight is 259 g/mol. The van der Waals surface area contributed by atoms with Crippen LogP contribution in [0.4, 0.5) is 5.82 Å². The summed E-state index contributed by atoms with van der Waals surface area (Å²) in [5.41, 5.74) is 4.72. The molecule has 1 aromatic heterocycles. The standard InChI is InChI=1S/C10H17N3O5/c1-6(15)9(16)7(4-14)18-5-13-3-2-8(11)12-10(13)17/h2-3,6-7,9,14-16H,4-5H2,1H3,(H2,11,12,17)/t6-,7?,9?/m1/s1. The second kappa shape index (κ2) is 6.45. The number of rotatable bonds is 6. The molecule has 0 fully saturated rings. The number of nitrogens with two attached hydrogens (primary N) is 1. The van der Waals surface area contributed by atoms with E-state index in [1.54, 1.807) is 0 Å². The molecule has 5 N–H and O–H groups in total. The molecular formula is C10H17N3O5. The topological polar surface area (TPSA) is 131 Å². The molecule has 0 aliphatic heterocycles. The minimum atomic E-state index is -1.24. The first-order valence-electron chi connectivity index (χ1n) is 5.37. The zero-order valence-electron chi connectivity index (χ0n) is 9.93. The molecule has 0 aliphatic carbocycles. The number of aromatic nitrogens is 2. The summed E-state index contributed by atoms with van der Waals surface area (Å²) in [4.78, 5) is 14.9. The molecule has 0 aromatic carbocycles. The van der Waals surface area contributed by atoms with Crippen LogP contribution in [0.2, 0.25) is 0 Å². The highest BCUT2D eigenvalue weighted by Gasteiger charge is 2.23. The van der Waals surface area contributed by atoms with E-state index < -0.39 is 30.6 Å². The minimum absolute atomic E-state index is 0.0963. The molecule has 0 aliphatic rings. The van der Waals surface area contributed by atoms with Gasteiger partial charge in [0, 0.05) is 6.20 Å². The summed E-state index contributed by atoms with van der Waals surface area (Å²) < 4.78 is 6.26. The van der Waals surface area contributed by atoms with Crippen molar-refractivity contribution in [2.75, 3.05) is 12.3 Å². The van der Waals surface area contributed by atoms with Crippen molar-refractivity contribution in [3.63, 3.8) is 0 Å². The number of aliphatic hydroxyl groups is 3. The van der Waals surface area contributed by atoms with Crippen LogP contribution in [0.1, 0.15) is 6.92 Å². The van der Waals surface area contributed by atoms with Gasteiger partial charge in [-0.15, -0.1) is 0 Å². The molecule has 8 heteroatoms. The fourth-order valence-electron chi connectivity index (χ4n) is 1.29. The third kappa shape index (κ3) is 3.77. The van der Waals surface area contributed by atoms with Crippen LogP contribution in [-0.4, -0.2) is 49.8 Å². The summed E-state index contributed by atoms with van der Waals surface area (Å²) in [6.45, 7) is 0.679. The highest BCUT2D eigenvalue weighted by atomic mass is 16.5. The van der Waals surface area contributed by atoms with Crippen LogP contribution in [-0.2, 0) is 11.5 Å². The summed E-state index contributed by atoms with van der Waals surface area (Å²) in [5.74, 6) is 0.0963. The number of anilines is 1. The number of aliphatic hydroxyl groups excluding tert-OH is 3. The number of nitrogen functional groups attached to an aromatic ring is 1. The first kappa shape index (κ1) is 14.6. The lowest BCUT2D eigenvalue weighted by molar-refractivity contribution is -0.120. The van der Waals surface area contributed by atoms with Crippen molar-refractivity contribution in [1.82, 2.24) is 9.55 Å². The lowest BCUT2D eigenvalue weighted by Crippen LogP contribution is -2.41. The van der Waals surface area contributed by atoms with E-state index in [-0.39, 0.29) is 12.5 Å². The minimum Gasteiger partial charge on any atom is -0.394 e. The Kier molecular flexibility index (Phi) is 5.23. The van der Waals surface area contributed by atoms with E-state index in [0.29, 0.717) is 0 Å². The highest BCUT2D eigenvalue weighted by Crippen LogP contribution is 2.04. The van der Waals surface area contributed by atoms with Crippen LogP contribution in [0.3, 0.4) is 0 Å². The van der Waals surface area contributed by atoms with Crippen LogP contribution < -0.4 is 11.4 Å². The fourth-order valence-corrected chi connectivity index (χ4v) is 1.29. The zero-order valence-corrected chi connectivity index (χ0v) is 9.93. The van der Waals surface area contributed by atoms with Gasteiger partial charge in [0.05, 0.1) is 12.7 Å². The Balaban J connectivity index is 2.65. The Bertz CT molecular complexity index is 434. The second-order valence-electron chi connectivity index (χ2n) is 3.85. The lowest BCUT2D eigenvalue weighted by atomic mass is 10.1. The molecule has 18 heavy (non-hydrogen) atoms. The van der Waals surface area contributed by atoms with Gasteiger partial charge in [0.25, 0.3) is 0 Å². The smallest absolute Gasteiger partial charge is 0.351 e. The third-order valence-corrected chi connectivity index (χ3v) is 2.38. The zero-order chi connectivity index (χ0) is 13.7. The predicted molar refractivity (Wildman–Crippen MR) is 62.6 cm³/mol. The van der Waals surface area contributed by atoms with Gasteiger partial charge in [-0.2, -0.15) is 4.98 Å². The van der Waals surface area contributed by atoms with Gasteiger partial charge in [-0.25, -0.2) is 4.79 Å². The van der Waals surface area contributed by atoms with Gasteiger partial charge in [-0.3, -0.25) is 4.57 Å². The molecule has 1 aromatic rings. The number of hydrogen-bond donors (Lipinski definition) is 4. The maximum Gasteiger partial charge on any atom is 0.351 e. The molecule has 102 valence electrons. The molecule has 3 atom stereocenters. The SMILES string of the molecule is C[C@@H](O)C(O)C(CO)OCn1ccc(N)nc1=O. The maximum absolute atomic E-state index is 11.4. The number of ether oxygens (including phenoxy) is 1. The molecule has 0 saturated carbocycles. The van der Waals surface area contributed by atoms with Crippen molar-refractivity contribution in [1.29, 1.82) is 0 Å². The Morgan fingerprint density at radius 2 is 2.22 bits per heavy atom. The number of nitrogens with zero attached hydrogens (tertiary/aromatic N) is 2. The fraction of sp³-hybridized carbons (Fsp3) is 0.600. The van der Waals surface area contributed by atoms with Crippen LogP contribution in [0.25, 0.3) is 0 Å². The Labute approximate surface area is 103 Å². The van der Waals surface area contributed by atoms with Gasteiger partial charge < -0.3 is 25.8 Å². The van der Waals surface area contributed by atoms with Crippen LogP contribution in [0, 0.1) is 0 Å². The summed E-state index contributed by atoms with van der Waals surface area (Å²) in [5, 5.41) is 27.7. The van der Waals surface area contributed by atoms with Crippen molar-refractivity contribution in [3.05, 3.63) is 22.7 Å². The Morgan fingerprint density at radius 1 is 1.56 bits per heavy atom. The van der Waals surface area contributed by atoms with Gasteiger partial charge in [0.2, 0.25) is 0 Å². The van der Waals surface area contributed by atoms with E-state index in [2.05, 4.69) is 4.98 Å². The van der Waals surface area contributed by atoms with Gasteiger partial charge in [-0.1, -0.05) is 0 Å². The average Bonchev–Trinajstić information content (AvgIpc) is 2.31. The molecule has 1 heterocycles. The monoisotopic (exact) mass is 259 g/mol. The predicted octanol–water partition coefficient (Wildman–Crippen LogP) is -2.10. The van der Waals surface area contributed by atoms with Crippen LogP contribution >= 0.6 is 0 Å².